The number of nitrogens with one attached hydrogen (secondary N) is 2. The third-order valence-corrected chi connectivity index (χ3v) is 6.91. The van der Waals surface area contributed by atoms with E-state index in [0.29, 0.717) is 12.4 Å². The second kappa shape index (κ2) is 9.47. The summed E-state index contributed by atoms with van der Waals surface area (Å²) in [5.74, 6) is 0.275. The molecular weight excluding hydrogens is 448 g/mol. The quantitative estimate of drug-likeness (QED) is 0.276. The van der Waals surface area contributed by atoms with Crippen molar-refractivity contribution in [1.29, 1.82) is 0 Å². The molecule has 0 saturated heterocycles. The van der Waals surface area contributed by atoms with E-state index in [9.17, 15) is 4.79 Å². The summed E-state index contributed by atoms with van der Waals surface area (Å²) in [4.78, 5) is 16.7. The lowest BCUT2D eigenvalue weighted by atomic mass is 10.0. The van der Waals surface area contributed by atoms with Crippen molar-refractivity contribution in [2.75, 3.05) is 13.3 Å². The lowest BCUT2D eigenvalue weighted by molar-refractivity contribution is 0.0806. The van der Waals surface area contributed by atoms with Crippen LogP contribution in [0.5, 0.6) is 0 Å². The number of H-pyrrole nitrogens is 1. The third-order valence-electron chi connectivity index (χ3n) is 4.36. The third kappa shape index (κ3) is 5.85. The van der Waals surface area contributed by atoms with Gasteiger partial charge in [0.25, 0.3) is 5.91 Å². The first-order valence-corrected chi connectivity index (χ1v) is 14.0. The summed E-state index contributed by atoms with van der Waals surface area (Å²) in [6.07, 6.45) is 0. The zero-order valence-corrected chi connectivity index (χ0v) is 19.4. The van der Waals surface area contributed by atoms with Crippen molar-refractivity contribution in [3.8, 4) is 22.5 Å². The van der Waals surface area contributed by atoms with Gasteiger partial charge in [-0.25, -0.2) is 4.98 Å². The van der Waals surface area contributed by atoms with Crippen LogP contribution in [0.3, 0.4) is 0 Å². The molecule has 29 heavy (non-hydrogen) atoms. The summed E-state index contributed by atoms with van der Waals surface area (Å²) in [6.45, 7) is 7.67. The van der Waals surface area contributed by atoms with E-state index in [0.717, 1.165) is 27.2 Å². The lowest BCUT2D eigenvalue weighted by Gasteiger charge is -2.15. The number of hydrogen-bond donors (Lipinski definition) is 2. The van der Waals surface area contributed by atoms with Crippen LogP contribution in [0.15, 0.2) is 53.0 Å². The molecule has 1 heterocycles. The maximum absolute atomic E-state index is 12.3. The van der Waals surface area contributed by atoms with Crippen LogP contribution in [-0.2, 0) is 4.74 Å². The van der Waals surface area contributed by atoms with Crippen molar-refractivity contribution < 1.29 is 9.53 Å². The van der Waals surface area contributed by atoms with Gasteiger partial charge in [-0.2, -0.15) is 5.10 Å². The first-order valence-electron chi connectivity index (χ1n) is 9.48. The number of benzene rings is 2. The summed E-state index contributed by atoms with van der Waals surface area (Å²) in [7, 11) is -1.14. The minimum Gasteiger partial charge on any atom is -0.362 e. The molecule has 1 aromatic heterocycles. The van der Waals surface area contributed by atoms with Crippen molar-refractivity contribution in [1.82, 2.24) is 20.5 Å². The number of aromatic nitrogens is 3. The van der Waals surface area contributed by atoms with Crippen molar-refractivity contribution in [2.45, 2.75) is 25.7 Å². The van der Waals surface area contributed by atoms with E-state index in [1.807, 2.05) is 48.5 Å². The second-order valence-corrected chi connectivity index (χ2v) is 14.3. The molecule has 8 heteroatoms. The first kappa shape index (κ1) is 21.4. The molecule has 0 fully saturated rings. The Hall–Kier alpha value is -2.29. The summed E-state index contributed by atoms with van der Waals surface area (Å²) < 4.78 is 6.39. The second-order valence-electron chi connectivity index (χ2n) is 7.91. The topological polar surface area (TPSA) is 79.9 Å². The number of nitrogens with zero attached hydrogens (tertiary/aromatic N) is 2. The maximum Gasteiger partial charge on any atom is 0.290 e. The van der Waals surface area contributed by atoms with Gasteiger partial charge in [0, 0.05) is 24.7 Å². The van der Waals surface area contributed by atoms with Gasteiger partial charge in [-0.1, -0.05) is 62.1 Å². The Labute approximate surface area is 180 Å². The van der Waals surface area contributed by atoms with Gasteiger partial charge in [0.05, 0.1) is 0 Å². The number of ether oxygens (including phenoxy) is 1. The first-order chi connectivity index (χ1) is 13.8. The van der Waals surface area contributed by atoms with Crippen LogP contribution in [0.2, 0.25) is 25.7 Å². The number of carbonyl (C=O) groups excluding carboxylic acids is 1. The van der Waals surface area contributed by atoms with E-state index in [-0.39, 0.29) is 18.5 Å². The highest BCUT2D eigenvalue weighted by Gasteiger charge is 2.17. The van der Waals surface area contributed by atoms with E-state index in [1.54, 1.807) is 0 Å². The molecule has 0 unspecified atom stereocenters. The van der Waals surface area contributed by atoms with Crippen LogP contribution in [0.4, 0.5) is 0 Å². The van der Waals surface area contributed by atoms with Gasteiger partial charge >= 0.3 is 0 Å². The van der Waals surface area contributed by atoms with Crippen LogP contribution in [0.1, 0.15) is 10.6 Å². The average molecular weight is 473 g/mol. The van der Waals surface area contributed by atoms with Gasteiger partial charge in [-0.05, 0) is 39.2 Å². The summed E-state index contributed by atoms with van der Waals surface area (Å²) in [5.41, 5.74) is 2.94. The highest BCUT2D eigenvalue weighted by Crippen LogP contribution is 2.35. The van der Waals surface area contributed by atoms with Crippen molar-refractivity contribution in [2.24, 2.45) is 0 Å². The Bertz CT molecular complexity index is 970. The van der Waals surface area contributed by atoms with Crippen LogP contribution in [0.25, 0.3) is 22.5 Å². The molecule has 0 radical (unpaired) electrons. The molecule has 0 aliphatic rings. The Kier molecular flexibility index (Phi) is 6.99. The molecule has 0 aliphatic carbocycles. The Morgan fingerprint density at radius 3 is 2.55 bits per heavy atom. The molecule has 0 saturated carbocycles. The maximum atomic E-state index is 12.3. The summed E-state index contributed by atoms with van der Waals surface area (Å²) >= 11 is 3.66. The fourth-order valence-corrected chi connectivity index (χ4v) is 4.11. The van der Waals surface area contributed by atoms with Crippen LogP contribution in [-0.4, -0.2) is 42.5 Å². The normalized spacial score (nSPS) is 11.4. The molecule has 2 N–H and O–H groups in total. The monoisotopic (exact) mass is 472 g/mol. The lowest BCUT2D eigenvalue weighted by Crippen LogP contribution is -2.29. The molecule has 1 amide bonds. The average Bonchev–Trinajstić information content (AvgIpc) is 3.17. The molecule has 2 aromatic carbocycles. The van der Waals surface area contributed by atoms with Gasteiger partial charge in [0.15, 0.2) is 5.82 Å². The zero-order valence-electron chi connectivity index (χ0n) is 16.8. The van der Waals surface area contributed by atoms with E-state index >= 15 is 0 Å². The Balaban J connectivity index is 1.66. The van der Waals surface area contributed by atoms with Gasteiger partial charge < -0.3 is 10.1 Å². The van der Waals surface area contributed by atoms with Crippen molar-refractivity contribution in [3.05, 3.63) is 58.8 Å². The van der Waals surface area contributed by atoms with E-state index < -0.39 is 8.07 Å². The minimum absolute atomic E-state index is 0.158. The van der Waals surface area contributed by atoms with Crippen molar-refractivity contribution in [3.63, 3.8) is 0 Å². The van der Waals surface area contributed by atoms with Gasteiger partial charge in [0.1, 0.15) is 6.73 Å². The number of amides is 1. The Morgan fingerprint density at radius 1 is 1.10 bits per heavy atom. The SMILES string of the molecule is C[Si](C)(C)CCOCNC(=O)c1nc(-c2cccc(-c3ccccc3)c2Br)n[nH]1. The fourth-order valence-electron chi connectivity index (χ4n) is 2.68. The van der Waals surface area contributed by atoms with Crippen LogP contribution < -0.4 is 5.32 Å². The minimum atomic E-state index is -1.14. The van der Waals surface area contributed by atoms with Crippen LogP contribution >= 0.6 is 15.9 Å². The van der Waals surface area contributed by atoms with Gasteiger partial charge in [-0.3, -0.25) is 9.89 Å². The molecule has 6 nitrogen and oxygen atoms in total. The van der Waals surface area contributed by atoms with E-state index in [4.69, 9.17) is 4.74 Å². The predicted molar refractivity (Wildman–Crippen MR) is 121 cm³/mol. The molecule has 0 spiro atoms. The molecule has 152 valence electrons. The number of carbonyl (C=O) groups is 1. The molecule has 3 aromatic rings. The fraction of sp³-hybridized carbons (Fsp3) is 0.286. The standard InChI is InChI=1S/C21H25BrN4O2Si/c1-29(2,3)13-12-28-14-23-21(27)20-24-19(25-26-20)17-11-7-10-16(18(17)22)15-8-5-4-6-9-15/h4-11H,12-14H2,1-3H3,(H,23,27)(H,24,25,26). The summed E-state index contributed by atoms with van der Waals surface area (Å²) in [6, 6.07) is 17.0. The van der Waals surface area contributed by atoms with E-state index in [2.05, 4.69) is 56.1 Å². The largest absolute Gasteiger partial charge is 0.362 e. The molecule has 3 rings (SSSR count). The molecule has 0 aliphatic heterocycles. The molecule has 0 atom stereocenters. The van der Waals surface area contributed by atoms with Crippen LogP contribution in [0, 0.1) is 0 Å². The molecule has 0 bridgehead atoms. The highest BCUT2D eigenvalue weighted by atomic mass is 79.9. The number of aromatic amines is 1. The number of halogens is 1. The molecular formula is C21H25BrN4O2Si. The smallest absolute Gasteiger partial charge is 0.290 e. The zero-order chi connectivity index (χ0) is 20.9. The highest BCUT2D eigenvalue weighted by molar-refractivity contribution is 9.10. The predicted octanol–water partition coefficient (Wildman–Crippen LogP) is 4.94. The van der Waals surface area contributed by atoms with Gasteiger partial charge in [-0.15, -0.1) is 0 Å². The Morgan fingerprint density at radius 2 is 1.83 bits per heavy atom. The van der Waals surface area contributed by atoms with E-state index in [1.165, 1.54) is 0 Å². The van der Waals surface area contributed by atoms with Crippen molar-refractivity contribution >= 4 is 29.9 Å². The number of rotatable bonds is 8. The summed E-state index contributed by atoms with van der Waals surface area (Å²) in [5, 5.41) is 9.64. The van der Waals surface area contributed by atoms with Gasteiger partial charge in [0.2, 0.25) is 5.82 Å². The number of hydrogen-bond acceptors (Lipinski definition) is 4.